The second-order valence-electron chi connectivity index (χ2n) is 6.92. The SMILES string of the molecule is Cc1cnn(CC2CCN(C(=O)Nc3snnc3-c3ccccc3)CC2)c1. The molecule has 4 rings (SSSR count). The van der Waals surface area contributed by atoms with Gasteiger partial charge in [-0.2, -0.15) is 5.10 Å². The summed E-state index contributed by atoms with van der Waals surface area (Å²) in [6.45, 7) is 4.47. The van der Waals surface area contributed by atoms with Gasteiger partial charge in [0.1, 0.15) is 10.7 Å². The monoisotopic (exact) mass is 382 g/mol. The zero-order valence-electron chi connectivity index (χ0n) is 15.2. The minimum Gasteiger partial charge on any atom is -0.324 e. The van der Waals surface area contributed by atoms with E-state index in [0.29, 0.717) is 10.9 Å². The highest BCUT2D eigenvalue weighted by Gasteiger charge is 2.24. The number of hydrogen-bond donors (Lipinski definition) is 1. The first-order chi connectivity index (χ1) is 13.2. The summed E-state index contributed by atoms with van der Waals surface area (Å²) in [5.74, 6) is 0.554. The van der Waals surface area contributed by atoms with Crippen LogP contribution in [0.1, 0.15) is 18.4 Å². The lowest BCUT2D eigenvalue weighted by Crippen LogP contribution is -2.41. The van der Waals surface area contributed by atoms with Crippen LogP contribution in [-0.4, -0.2) is 43.4 Å². The van der Waals surface area contributed by atoms with Crippen molar-refractivity contribution in [2.75, 3.05) is 18.4 Å². The summed E-state index contributed by atoms with van der Waals surface area (Å²) in [6, 6.07) is 9.71. The Morgan fingerprint density at radius 2 is 2.04 bits per heavy atom. The summed E-state index contributed by atoms with van der Waals surface area (Å²) in [6.07, 6.45) is 5.93. The van der Waals surface area contributed by atoms with Crippen LogP contribution in [-0.2, 0) is 6.54 Å². The van der Waals surface area contributed by atoms with Crippen LogP contribution in [0.5, 0.6) is 0 Å². The van der Waals surface area contributed by atoms with Crippen molar-refractivity contribution in [2.24, 2.45) is 5.92 Å². The Bertz CT molecular complexity index is 898. The van der Waals surface area contributed by atoms with Gasteiger partial charge in [-0.1, -0.05) is 34.8 Å². The summed E-state index contributed by atoms with van der Waals surface area (Å²) in [5.41, 5.74) is 2.85. The van der Waals surface area contributed by atoms with E-state index >= 15 is 0 Å². The second-order valence-corrected chi connectivity index (χ2v) is 7.67. The number of aromatic nitrogens is 4. The molecule has 8 heteroatoms. The smallest absolute Gasteiger partial charge is 0.322 e. The van der Waals surface area contributed by atoms with Crippen LogP contribution in [0.4, 0.5) is 9.80 Å². The molecule has 1 aliphatic rings. The first-order valence-electron chi connectivity index (χ1n) is 9.12. The minimum absolute atomic E-state index is 0.0772. The molecule has 1 fully saturated rings. The highest BCUT2D eigenvalue weighted by molar-refractivity contribution is 7.10. The maximum Gasteiger partial charge on any atom is 0.322 e. The number of carbonyl (C=O) groups is 1. The summed E-state index contributed by atoms with van der Waals surface area (Å²) >= 11 is 1.21. The van der Waals surface area contributed by atoms with Crippen LogP contribution in [0.3, 0.4) is 0 Å². The molecule has 1 N–H and O–H groups in total. The molecule has 3 aromatic rings. The predicted molar refractivity (Wildman–Crippen MR) is 106 cm³/mol. The molecule has 2 aromatic heterocycles. The normalized spacial score (nSPS) is 15.1. The largest absolute Gasteiger partial charge is 0.324 e. The molecule has 0 bridgehead atoms. The van der Waals surface area contributed by atoms with Crippen molar-refractivity contribution in [3.8, 4) is 11.3 Å². The fourth-order valence-corrected chi connectivity index (χ4v) is 3.97. The molecule has 0 aliphatic carbocycles. The number of piperidine rings is 1. The van der Waals surface area contributed by atoms with E-state index in [4.69, 9.17) is 0 Å². The quantitative estimate of drug-likeness (QED) is 0.747. The number of aryl methyl sites for hydroxylation is 1. The summed E-state index contributed by atoms with van der Waals surface area (Å²) in [4.78, 5) is 14.5. The Hall–Kier alpha value is -2.74. The lowest BCUT2D eigenvalue weighted by Gasteiger charge is -2.31. The average molecular weight is 382 g/mol. The summed E-state index contributed by atoms with van der Waals surface area (Å²) in [7, 11) is 0. The molecule has 0 radical (unpaired) electrons. The Balaban J connectivity index is 1.33. The number of amides is 2. The molecule has 0 saturated carbocycles. The van der Waals surface area contributed by atoms with Gasteiger partial charge in [-0.05, 0) is 31.2 Å². The van der Waals surface area contributed by atoms with E-state index in [0.717, 1.165) is 43.7 Å². The number of nitrogens with one attached hydrogen (secondary N) is 1. The van der Waals surface area contributed by atoms with Crippen LogP contribution < -0.4 is 5.32 Å². The van der Waals surface area contributed by atoms with Gasteiger partial charge in [0.05, 0.1) is 6.20 Å². The summed E-state index contributed by atoms with van der Waals surface area (Å²) < 4.78 is 6.01. The predicted octanol–water partition coefficient (Wildman–Crippen LogP) is 3.65. The zero-order valence-corrected chi connectivity index (χ0v) is 16.0. The third-order valence-corrected chi connectivity index (χ3v) is 5.51. The summed E-state index contributed by atoms with van der Waals surface area (Å²) in [5, 5.41) is 12.2. The molecule has 0 spiro atoms. The molecule has 0 unspecified atom stereocenters. The molecule has 1 saturated heterocycles. The first kappa shape index (κ1) is 17.7. The van der Waals surface area contributed by atoms with Gasteiger partial charge in [0.15, 0.2) is 0 Å². The van der Waals surface area contributed by atoms with Gasteiger partial charge in [-0.15, -0.1) is 5.10 Å². The maximum atomic E-state index is 12.7. The van der Waals surface area contributed by atoms with Crippen molar-refractivity contribution in [3.63, 3.8) is 0 Å². The standard InChI is InChI=1S/C19H22N6OS/c1-14-11-20-25(12-14)13-15-7-9-24(10-8-15)19(26)21-18-17(22-23-27-18)16-5-3-2-4-6-16/h2-6,11-12,15H,7-10,13H2,1H3,(H,21,26). The number of benzene rings is 1. The number of urea groups is 1. The second kappa shape index (κ2) is 7.87. The van der Waals surface area contributed by atoms with E-state index in [1.54, 1.807) is 0 Å². The van der Waals surface area contributed by atoms with Gasteiger partial charge in [0, 0.05) is 42.9 Å². The van der Waals surface area contributed by atoms with Crippen LogP contribution in [0, 0.1) is 12.8 Å². The van der Waals surface area contributed by atoms with Crippen LogP contribution in [0.2, 0.25) is 0 Å². The van der Waals surface area contributed by atoms with E-state index in [9.17, 15) is 4.79 Å². The zero-order chi connectivity index (χ0) is 18.6. The topological polar surface area (TPSA) is 75.9 Å². The fraction of sp³-hybridized carbons (Fsp3) is 0.368. The van der Waals surface area contributed by atoms with E-state index in [-0.39, 0.29) is 6.03 Å². The molecule has 1 aromatic carbocycles. The third-order valence-electron chi connectivity index (χ3n) is 4.87. The van der Waals surface area contributed by atoms with Crippen molar-refractivity contribution in [2.45, 2.75) is 26.3 Å². The number of likely N-dealkylation sites (tertiary alicyclic amines) is 1. The van der Waals surface area contributed by atoms with Crippen molar-refractivity contribution >= 4 is 22.6 Å². The lowest BCUT2D eigenvalue weighted by atomic mass is 9.97. The number of carbonyl (C=O) groups excluding carboxylic acids is 1. The fourth-order valence-electron chi connectivity index (χ4n) is 3.38. The Labute approximate surface area is 162 Å². The van der Waals surface area contributed by atoms with Gasteiger partial charge in [0.25, 0.3) is 0 Å². The molecule has 2 amide bonds. The van der Waals surface area contributed by atoms with E-state index in [2.05, 4.69) is 33.1 Å². The molecule has 1 aliphatic heterocycles. The lowest BCUT2D eigenvalue weighted by molar-refractivity contribution is 0.175. The highest BCUT2D eigenvalue weighted by atomic mass is 32.1. The first-order valence-corrected chi connectivity index (χ1v) is 9.89. The van der Waals surface area contributed by atoms with Crippen molar-refractivity contribution in [1.82, 2.24) is 24.3 Å². The van der Waals surface area contributed by atoms with E-state index in [1.807, 2.05) is 46.1 Å². The third kappa shape index (κ3) is 4.16. The van der Waals surface area contributed by atoms with E-state index in [1.165, 1.54) is 17.1 Å². The van der Waals surface area contributed by atoms with Gasteiger partial charge in [-0.3, -0.25) is 10.00 Å². The number of rotatable bonds is 4. The van der Waals surface area contributed by atoms with E-state index < -0.39 is 0 Å². The van der Waals surface area contributed by atoms with Crippen LogP contribution in [0.25, 0.3) is 11.3 Å². The average Bonchev–Trinajstić information content (AvgIpc) is 3.32. The number of hydrogen-bond acceptors (Lipinski definition) is 5. The van der Waals surface area contributed by atoms with Crippen molar-refractivity contribution in [3.05, 3.63) is 48.3 Å². The number of anilines is 1. The van der Waals surface area contributed by atoms with Crippen LogP contribution in [0.15, 0.2) is 42.7 Å². The molecule has 27 heavy (non-hydrogen) atoms. The van der Waals surface area contributed by atoms with Gasteiger partial charge in [0.2, 0.25) is 0 Å². The van der Waals surface area contributed by atoms with Gasteiger partial charge >= 0.3 is 6.03 Å². The van der Waals surface area contributed by atoms with Crippen molar-refractivity contribution < 1.29 is 4.79 Å². The van der Waals surface area contributed by atoms with Crippen molar-refractivity contribution in [1.29, 1.82) is 0 Å². The van der Waals surface area contributed by atoms with Crippen LogP contribution >= 0.6 is 11.5 Å². The molecule has 140 valence electrons. The highest BCUT2D eigenvalue weighted by Crippen LogP contribution is 2.29. The van der Waals surface area contributed by atoms with Gasteiger partial charge < -0.3 is 4.90 Å². The minimum atomic E-state index is -0.0772. The molecule has 7 nitrogen and oxygen atoms in total. The molecule has 0 atom stereocenters. The molecule has 3 heterocycles. The molecular weight excluding hydrogens is 360 g/mol. The Morgan fingerprint density at radius 3 is 2.74 bits per heavy atom. The Morgan fingerprint density at radius 1 is 1.26 bits per heavy atom. The van der Waals surface area contributed by atoms with Gasteiger partial charge in [-0.25, -0.2) is 4.79 Å². The number of nitrogens with zero attached hydrogens (tertiary/aromatic N) is 5. The maximum absolute atomic E-state index is 12.7. The molecular formula is C19H22N6OS. The Kier molecular flexibility index (Phi) is 5.15.